The van der Waals surface area contributed by atoms with Gasteiger partial charge in [0.25, 0.3) is 0 Å². The van der Waals surface area contributed by atoms with Crippen LogP contribution in [0.15, 0.2) is 0 Å². The predicted octanol–water partition coefficient (Wildman–Crippen LogP) is 2.57. The number of rotatable bonds is 3. The number of anilines is 1. The Labute approximate surface area is 130 Å². The van der Waals surface area contributed by atoms with Crippen LogP contribution in [0.1, 0.15) is 45.0 Å². The first kappa shape index (κ1) is 17.3. The lowest BCUT2D eigenvalue weighted by Gasteiger charge is -2.16. The summed E-state index contributed by atoms with van der Waals surface area (Å²) in [5, 5.41) is 12.6. The molecule has 7 heteroatoms. The summed E-state index contributed by atoms with van der Waals surface area (Å²) >= 11 is 1.45. The Morgan fingerprint density at radius 1 is 1.40 bits per heavy atom. The highest BCUT2D eigenvalue weighted by atomic mass is 35.5. The lowest BCUT2D eigenvalue weighted by atomic mass is 9.95. The number of nitrogens with one attached hydrogen (secondary N) is 1. The number of nitrogens with zero attached hydrogens (tertiary/aromatic N) is 2. The minimum Gasteiger partial charge on any atom is -0.330 e. The minimum absolute atomic E-state index is 0. The van der Waals surface area contributed by atoms with Gasteiger partial charge in [-0.25, -0.2) is 0 Å². The van der Waals surface area contributed by atoms with Crippen molar-refractivity contribution in [3.63, 3.8) is 0 Å². The summed E-state index contributed by atoms with van der Waals surface area (Å²) in [6.07, 6.45) is 3.07. The maximum atomic E-state index is 12.2. The van der Waals surface area contributed by atoms with Crippen molar-refractivity contribution in [2.45, 2.75) is 45.4 Å². The summed E-state index contributed by atoms with van der Waals surface area (Å²) in [7, 11) is 0. The van der Waals surface area contributed by atoms with Crippen LogP contribution in [0.3, 0.4) is 0 Å². The molecule has 2 rings (SSSR count). The molecular formula is C13H23ClN4OS. The van der Waals surface area contributed by atoms with E-state index in [9.17, 15) is 4.79 Å². The predicted molar refractivity (Wildman–Crippen MR) is 84.4 cm³/mol. The molecule has 5 nitrogen and oxygen atoms in total. The fourth-order valence-electron chi connectivity index (χ4n) is 2.44. The molecule has 1 aromatic heterocycles. The summed E-state index contributed by atoms with van der Waals surface area (Å²) in [5.74, 6) is 0.395. The van der Waals surface area contributed by atoms with Gasteiger partial charge in [0.1, 0.15) is 5.01 Å². The number of carbonyl (C=O) groups excluding carboxylic acids is 1. The Morgan fingerprint density at radius 2 is 2.10 bits per heavy atom. The summed E-state index contributed by atoms with van der Waals surface area (Å²) < 4.78 is 0. The van der Waals surface area contributed by atoms with E-state index in [0.29, 0.717) is 17.6 Å². The van der Waals surface area contributed by atoms with Gasteiger partial charge in [-0.15, -0.1) is 22.6 Å². The lowest BCUT2D eigenvalue weighted by molar-refractivity contribution is -0.120. The average Bonchev–Trinajstić information content (AvgIpc) is 2.95. The van der Waals surface area contributed by atoms with Gasteiger partial charge in [0.15, 0.2) is 0 Å². The molecule has 1 aliphatic carbocycles. The second-order valence-corrected chi connectivity index (χ2v) is 7.16. The first-order chi connectivity index (χ1) is 8.91. The van der Waals surface area contributed by atoms with Gasteiger partial charge in [0, 0.05) is 11.3 Å². The number of hydrogen-bond donors (Lipinski definition) is 2. The summed E-state index contributed by atoms with van der Waals surface area (Å²) in [6.45, 7) is 6.84. The molecule has 1 amide bonds. The zero-order valence-electron chi connectivity index (χ0n) is 12.2. The third-order valence-electron chi connectivity index (χ3n) is 3.60. The zero-order valence-corrected chi connectivity index (χ0v) is 13.8. The van der Waals surface area contributed by atoms with Crippen molar-refractivity contribution in [1.82, 2.24) is 10.2 Å². The Bertz CT molecular complexity index is 457. The zero-order chi connectivity index (χ0) is 14.0. The summed E-state index contributed by atoms with van der Waals surface area (Å²) in [4.78, 5) is 12.2. The van der Waals surface area contributed by atoms with Crippen LogP contribution < -0.4 is 11.1 Å². The highest BCUT2D eigenvalue weighted by Crippen LogP contribution is 2.33. The first-order valence-electron chi connectivity index (χ1n) is 6.76. The van der Waals surface area contributed by atoms with Crippen LogP contribution in [0.4, 0.5) is 5.13 Å². The van der Waals surface area contributed by atoms with E-state index in [1.54, 1.807) is 0 Å². The molecule has 2 atom stereocenters. The molecule has 1 saturated carbocycles. The fraction of sp³-hybridized carbons (Fsp3) is 0.769. The molecule has 20 heavy (non-hydrogen) atoms. The van der Waals surface area contributed by atoms with Crippen LogP contribution in [0.5, 0.6) is 0 Å². The fourth-order valence-corrected chi connectivity index (χ4v) is 3.24. The molecule has 0 aromatic carbocycles. The van der Waals surface area contributed by atoms with E-state index in [1.165, 1.54) is 11.3 Å². The third kappa shape index (κ3) is 3.90. The second-order valence-electron chi connectivity index (χ2n) is 6.18. The monoisotopic (exact) mass is 318 g/mol. The van der Waals surface area contributed by atoms with Gasteiger partial charge in [0.05, 0.1) is 0 Å². The van der Waals surface area contributed by atoms with E-state index in [1.807, 2.05) is 0 Å². The summed E-state index contributed by atoms with van der Waals surface area (Å²) in [5.41, 5.74) is 5.68. The molecule has 1 aliphatic rings. The lowest BCUT2D eigenvalue weighted by Crippen LogP contribution is -2.29. The van der Waals surface area contributed by atoms with Crippen LogP contribution >= 0.6 is 23.7 Å². The molecule has 1 fully saturated rings. The van der Waals surface area contributed by atoms with Gasteiger partial charge in [-0.05, 0) is 25.3 Å². The largest absolute Gasteiger partial charge is 0.330 e. The van der Waals surface area contributed by atoms with E-state index >= 15 is 0 Å². The van der Waals surface area contributed by atoms with Crippen molar-refractivity contribution in [1.29, 1.82) is 0 Å². The average molecular weight is 319 g/mol. The molecule has 0 spiro atoms. The smallest absolute Gasteiger partial charge is 0.229 e. The molecule has 1 heterocycles. The molecule has 0 saturated heterocycles. The molecule has 0 bridgehead atoms. The topological polar surface area (TPSA) is 80.9 Å². The number of amides is 1. The normalized spacial score (nSPS) is 22.4. The minimum atomic E-state index is -0.0339. The van der Waals surface area contributed by atoms with Gasteiger partial charge in [-0.1, -0.05) is 38.5 Å². The van der Waals surface area contributed by atoms with E-state index in [-0.39, 0.29) is 29.6 Å². The quantitative estimate of drug-likeness (QED) is 0.897. The number of aromatic nitrogens is 2. The van der Waals surface area contributed by atoms with Crippen LogP contribution in [0, 0.1) is 11.8 Å². The molecule has 0 radical (unpaired) electrons. The van der Waals surface area contributed by atoms with Crippen molar-refractivity contribution < 1.29 is 4.79 Å². The Hall–Kier alpha value is -0.720. The maximum Gasteiger partial charge on any atom is 0.229 e. The molecule has 0 aliphatic heterocycles. The second kappa shape index (κ2) is 6.83. The van der Waals surface area contributed by atoms with Crippen LogP contribution in [-0.4, -0.2) is 22.6 Å². The van der Waals surface area contributed by atoms with Gasteiger partial charge in [0.2, 0.25) is 11.0 Å². The van der Waals surface area contributed by atoms with Crippen LogP contribution in [0.25, 0.3) is 0 Å². The Balaban J connectivity index is 0.00000200. The number of halogens is 1. The molecule has 0 unspecified atom stereocenters. The molecule has 3 N–H and O–H groups in total. The third-order valence-corrected chi connectivity index (χ3v) is 4.86. The van der Waals surface area contributed by atoms with Gasteiger partial charge < -0.3 is 11.1 Å². The first-order valence-corrected chi connectivity index (χ1v) is 7.58. The molecule has 114 valence electrons. The number of hydrogen-bond acceptors (Lipinski definition) is 5. The van der Waals surface area contributed by atoms with Crippen molar-refractivity contribution >= 4 is 34.8 Å². The van der Waals surface area contributed by atoms with Gasteiger partial charge >= 0.3 is 0 Å². The van der Waals surface area contributed by atoms with Gasteiger partial charge in [-0.3, -0.25) is 4.79 Å². The maximum absolute atomic E-state index is 12.2. The highest BCUT2D eigenvalue weighted by molar-refractivity contribution is 7.15. The number of nitrogens with two attached hydrogens (primary N) is 1. The van der Waals surface area contributed by atoms with Crippen LogP contribution in [-0.2, 0) is 10.2 Å². The van der Waals surface area contributed by atoms with Crippen molar-refractivity contribution in [3.8, 4) is 0 Å². The van der Waals surface area contributed by atoms with Crippen molar-refractivity contribution in [3.05, 3.63) is 5.01 Å². The van der Waals surface area contributed by atoms with Gasteiger partial charge in [-0.2, -0.15) is 0 Å². The van der Waals surface area contributed by atoms with E-state index in [0.717, 1.165) is 24.3 Å². The Morgan fingerprint density at radius 3 is 2.65 bits per heavy atom. The standard InChI is InChI=1S/C13H22N4OS.ClH/c1-13(2,3)11-16-17-12(19-11)15-10(18)9-6-4-5-8(9)7-14;/h8-9H,4-7,14H2,1-3H3,(H,15,17,18);1H/t8-,9-;/m1./s1. The van der Waals surface area contributed by atoms with E-state index in [2.05, 4.69) is 36.3 Å². The van der Waals surface area contributed by atoms with Crippen molar-refractivity contribution in [2.75, 3.05) is 11.9 Å². The molecular weight excluding hydrogens is 296 g/mol. The number of carbonyl (C=O) groups is 1. The highest BCUT2D eigenvalue weighted by Gasteiger charge is 2.32. The summed E-state index contributed by atoms with van der Waals surface area (Å²) in [6, 6.07) is 0. The van der Waals surface area contributed by atoms with E-state index < -0.39 is 0 Å². The molecule has 1 aromatic rings. The van der Waals surface area contributed by atoms with Crippen LogP contribution in [0.2, 0.25) is 0 Å². The Kier molecular flexibility index (Phi) is 5.91. The van der Waals surface area contributed by atoms with Crippen molar-refractivity contribution in [2.24, 2.45) is 17.6 Å². The van der Waals surface area contributed by atoms with E-state index in [4.69, 9.17) is 5.73 Å². The SMILES string of the molecule is CC(C)(C)c1nnc(NC(=O)[C@@H]2CCC[C@@H]2CN)s1.Cl.